The van der Waals surface area contributed by atoms with Crippen LogP contribution in [0.4, 0.5) is 4.79 Å². The van der Waals surface area contributed by atoms with E-state index in [9.17, 15) is 14.7 Å². The van der Waals surface area contributed by atoms with Gasteiger partial charge >= 0.3 is 11.9 Å². The van der Waals surface area contributed by atoms with Crippen molar-refractivity contribution in [3.8, 4) is 5.75 Å². The molecule has 1 aromatic rings. The molecule has 0 fully saturated rings. The number of amides is 3. The van der Waals surface area contributed by atoms with Crippen LogP contribution in [-0.4, -0.2) is 35.1 Å². The Morgan fingerprint density at radius 2 is 1.60 bits per heavy atom. The topological polar surface area (TPSA) is 80.4 Å². The van der Waals surface area contributed by atoms with E-state index in [0.717, 1.165) is 24.8 Å². The minimum atomic E-state index is -0.633. The smallest absolute Gasteiger partial charge is 0.421 e. The maximum absolute atomic E-state index is 12.5. The van der Waals surface area contributed by atoms with Gasteiger partial charge in [-0.2, -0.15) is 4.48 Å². The van der Waals surface area contributed by atoms with E-state index in [1.165, 1.54) is 31.8 Å². The first kappa shape index (κ1) is 20.9. The molecule has 0 heterocycles. The first-order valence-corrected chi connectivity index (χ1v) is 9.07. The van der Waals surface area contributed by atoms with Crippen LogP contribution in [0.5, 0.6) is 5.75 Å². The summed E-state index contributed by atoms with van der Waals surface area (Å²) in [5.41, 5.74) is 6.26. The summed E-state index contributed by atoms with van der Waals surface area (Å²) >= 11 is 0. The van der Waals surface area contributed by atoms with E-state index in [1.54, 1.807) is 37.4 Å². The Balaban J connectivity index is 2.56. The summed E-state index contributed by atoms with van der Waals surface area (Å²) in [6.07, 6.45) is 10.9. The van der Waals surface area contributed by atoms with Crippen molar-refractivity contribution < 1.29 is 19.2 Å². The third-order valence-electron chi connectivity index (χ3n) is 4.49. The fourth-order valence-corrected chi connectivity index (χ4v) is 2.63. The van der Waals surface area contributed by atoms with E-state index in [1.807, 2.05) is 0 Å². The van der Waals surface area contributed by atoms with Crippen LogP contribution in [0.2, 0.25) is 0 Å². The normalized spacial score (nSPS) is 13.7. The van der Waals surface area contributed by atoms with Crippen molar-refractivity contribution in [2.75, 3.05) is 13.6 Å². The number of quaternary nitrogens is 1. The first-order chi connectivity index (χ1) is 11.9. The molecule has 0 aliphatic heterocycles. The summed E-state index contributed by atoms with van der Waals surface area (Å²) in [5.74, 6) is -0.160. The summed E-state index contributed by atoms with van der Waals surface area (Å²) in [7, 11) is 1.57. The average Bonchev–Trinajstić information content (AvgIpc) is 2.59. The number of rotatable bonds is 10. The lowest BCUT2D eigenvalue weighted by Gasteiger charge is -2.25. The maximum atomic E-state index is 12.5. The lowest BCUT2D eigenvalue weighted by atomic mass is 10.1. The molecular formula is C20H31N2O3+. The maximum Gasteiger partial charge on any atom is 0.421 e. The molecule has 1 aromatic carbocycles. The minimum absolute atomic E-state index is 0.167. The molecule has 0 spiro atoms. The number of imide groups is 1. The molecular weight excluding hydrogens is 316 g/mol. The fourth-order valence-electron chi connectivity index (χ4n) is 2.63. The van der Waals surface area contributed by atoms with Gasteiger partial charge in [-0.3, -0.25) is 0 Å². The predicted molar refractivity (Wildman–Crippen MR) is 101 cm³/mol. The number of nitrogens with zero attached hydrogens (tertiary/aromatic N) is 1. The van der Waals surface area contributed by atoms with Gasteiger partial charge in [-0.05, 0) is 36.6 Å². The minimum Gasteiger partial charge on any atom is -0.508 e. The van der Waals surface area contributed by atoms with Gasteiger partial charge in [0.1, 0.15) is 5.75 Å². The number of aromatic hydroxyl groups is 1. The van der Waals surface area contributed by atoms with Crippen molar-refractivity contribution in [3.05, 3.63) is 35.9 Å². The van der Waals surface area contributed by atoms with E-state index in [-0.39, 0.29) is 11.7 Å². The van der Waals surface area contributed by atoms with Gasteiger partial charge in [-0.15, -0.1) is 0 Å². The van der Waals surface area contributed by atoms with Gasteiger partial charge in [0.25, 0.3) is 0 Å². The highest BCUT2D eigenvalue weighted by Crippen LogP contribution is 2.14. The van der Waals surface area contributed by atoms with Crippen LogP contribution in [0, 0.1) is 0 Å². The van der Waals surface area contributed by atoms with E-state index < -0.39 is 10.5 Å². The number of benzene rings is 1. The zero-order valence-corrected chi connectivity index (χ0v) is 15.4. The number of urea groups is 1. The third-order valence-corrected chi connectivity index (χ3v) is 4.49. The zero-order chi connectivity index (χ0) is 18.7. The summed E-state index contributed by atoms with van der Waals surface area (Å²) < 4.78 is -0.413. The zero-order valence-electron chi connectivity index (χ0n) is 15.4. The number of hydrogen-bond donors (Lipinski definition) is 2. The quantitative estimate of drug-likeness (QED) is 0.378. The molecule has 0 saturated carbocycles. The highest BCUT2D eigenvalue weighted by Gasteiger charge is 2.36. The Morgan fingerprint density at radius 3 is 2.16 bits per heavy atom. The second-order valence-electron chi connectivity index (χ2n) is 6.64. The number of phenolic OH excluding ortho intramolecular Hbond substituents is 1. The van der Waals surface area contributed by atoms with E-state index in [2.05, 4.69) is 6.92 Å². The van der Waals surface area contributed by atoms with Gasteiger partial charge in [-0.25, -0.2) is 9.59 Å². The number of primary amides is 1. The molecule has 3 N–H and O–H groups in total. The van der Waals surface area contributed by atoms with Gasteiger partial charge in [0.15, 0.2) is 0 Å². The molecule has 0 radical (unpaired) electrons. The fraction of sp³-hybridized carbons (Fsp3) is 0.500. The van der Waals surface area contributed by atoms with Crippen LogP contribution in [0.3, 0.4) is 0 Å². The van der Waals surface area contributed by atoms with Gasteiger partial charge in [0, 0.05) is 6.08 Å². The van der Waals surface area contributed by atoms with Crippen LogP contribution in [0.25, 0.3) is 6.08 Å². The van der Waals surface area contributed by atoms with Crippen LogP contribution in [-0.2, 0) is 4.79 Å². The number of likely N-dealkylation sites (N-methyl/N-ethyl adjacent to an activating group) is 1. The number of hydrogen-bond acceptors (Lipinski definition) is 3. The average molecular weight is 347 g/mol. The molecule has 0 aromatic heterocycles. The monoisotopic (exact) mass is 347 g/mol. The summed E-state index contributed by atoms with van der Waals surface area (Å²) in [6, 6.07) is 5.86. The van der Waals surface area contributed by atoms with E-state index >= 15 is 0 Å². The second kappa shape index (κ2) is 10.7. The third kappa shape index (κ3) is 7.10. The van der Waals surface area contributed by atoms with Crippen LogP contribution < -0.4 is 5.73 Å². The highest BCUT2D eigenvalue weighted by atomic mass is 16.3. The van der Waals surface area contributed by atoms with Crippen molar-refractivity contribution >= 4 is 18.0 Å². The molecule has 0 bridgehead atoms. The van der Waals surface area contributed by atoms with Crippen molar-refractivity contribution in [1.82, 2.24) is 0 Å². The van der Waals surface area contributed by atoms with Crippen molar-refractivity contribution in [2.24, 2.45) is 5.73 Å². The molecule has 25 heavy (non-hydrogen) atoms. The molecule has 1 rings (SSSR count). The van der Waals surface area contributed by atoms with Crippen molar-refractivity contribution in [2.45, 2.75) is 51.9 Å². The van der Waals surface area contributed by atoms with E-state index in [0.29, 0.717) is 6.54 Å². The Kier molecular flexibility index (Phi) is 8.92. The lowest BCUT2D eigenvalue weighted by molar-refractivity contribution is -0.748. The molecule has 0 saturated heterocycles. The number of phenols is 1. The van der Waals surface area contributed by atoms with Crippen LogP contribution >= 0.6 is 0 Å². The predicted octanol–water partition coefficient (Wildman–Crippen LogP) is 4.21. The molecule has 3 amide bonds. The summed E-state index contributed by atoms with van der Waals surface area (Å²) in [5, 5.41) is 9.27. The number of carbonyl (C=O) groups is 2. The first-order valence-electron chi connectivity index (χ1n) is 9.07. The molecule has 0 aliphatic rings. The second-order valence-corrected chi connectivity index (χ2v) is 6.64. The molecule has 5 nitrogen and oxygen atoms in total. The largest absolute Gasteiger partial charge is 0.508 e. The lowest BCUT2D eigenvalue weighted by Crippen LogP contribution is -2.56. The summed E-state index contributed by atoms with van der Waals surface area (Å²) in [6.45, 7) is 2.61. The van der Waals surface area contributed by atoms with E-state index in [4.69, 9.17) is 5.73 Å². The van der Waals surface area contributed by atoms with Gasteiger partial charge in [-0.1, -0.05) is 51.2 Å². The highest BCUT2D eigenvalue weighted by molar-refractivity contribution is 5.93. The Hall–Kier alpha value is -2.14. The Labute approximate surface area is 150 Å². The summed E-state index contributed by atoms with van der Waals surface area (Å²) in [4.78, 5) is 24.3. The van der Waals surface area contributed by atoms with Crippen LogP contribution in [0.1, 0.15) is 57.4 Å². The molecule has 138 valence electrons. The molecule has 0 aliphatic carbocycles. The molecule has 1 atom stereocenters. The van der Waals surface area contributed by atoms with Crippen molar-refractivity contribution in [1.29, 1.82) is 0 Å². The Bertz CT molecular complexity index is 581. The standard InChI is InChI=1S/C20H30N2O3/c1-3-4-5-6-7-8-9-16-22(2,20(21)25)19(24)15-12-17-10-13-18(23)14-11-17/h10-15H,3-9,16H2,1-2H3,(H2-,21,23,24,25)/p+1. The molecule has 1 unspecified atom stereocenters. The molecule has 5 heteroatoms. The van der Waals surface area contributed by atoms with Crippen LogP contribution in [0.15, 0.2) is 30.3 Å². The van der Waals surface area contributed by atoms with Gasteiger partial charge in [0.2, 0.25) is 0 Å². The number of unbranched alkanes of at least 4 members (excludes halogenated alkanes) is 6. The SMILES string of the molecule is CCCCCCCCC[N+](C)(C(N)=O)C(=O)C=Cc1ccc(O)cc1. The number of nitrogens with two attached hydrogens (primary N) is 1. The number of carbonyl (C=O) groups excluding carboxylic acids is 2. The Morgan fingerprint density at radius 1 is 1.04 bits per heavy atom. The van der Waals surface area contributed by atoms with Crippen molar-refractivity contribution in [3.63, 3.8) is 0 Å². The van der Waals surface area contributed by atoms with Gasteiger partial charge in [0.05, 0.1) is 13.6 Å². The van der Waals surface area contributed by atoms with Gasteiger partial charge < -0.3 is 10.8 Å².